The van der Waals surface area contributed by atoms with Crippen molar-refractivity contribution in [3.63, 3.8) is 0 Å². The van der Waals surface area contributed by atoms with Crippen LogP contribution in [0.15, 0.2) is 0 Å². The van der Waals surface area contributed by atoms with Crippen molar-refractivity contribution in [1.82, 2.24) is 10.2 Å². The van der Waals surface area contributed by atoms with Gasteiger partial charge in [0.05, 0.1) is 6.61 Å². The highest BCUT2D eigenvalue weighted by atomic mass is 32.1. The first-order valence-electron chi connectivity index (χ1n) is 5.63. The zero-order chi connectivity index (χ0) is 11.3. The summed E-state index contributed by atoms with van der Waals surface area (Å²) in [5.74, 6) is 2.52. The van der Waals surface area contributed by atoms with E-state index in [1.807, 2.05) is 0 Å². The first-order chi connectivity index (χ1) is 7.77. The largest absolute Gasteiger partial charge is 0.461 e. The fraction of sp³-hybridized carbons (Fsp3) is 0.636. The van der Waals surface area contributed by atoms with Crippen LogP contribution in [0.25, 0.3) is 0 Å². The van der Waals surface area contributed by atoms with E-state index < -0.39 is 0 Å². The van der Waals surface area contributed by atoms with Crippen LogP contribution < -0.4 is 0 Å². The molecule has 4 nitrogen and oxygen atoms in total. The second-order valence-corrected chi connectivity index (χ2v) is 4.79. The molecule has 0 spiro atoms. The van der Waals surface area contributed by atoms with Crippen LogP contribution in [-0.2, 0) is 11.2 Å². The summed E-state index contributed by atoms with van der Waals surface area (Å²) in [4.78, 5) is 11.6. The number of fused-ring (bicyclic) bond motifs is 3. The Kier molecular flexibility index (Phi) is 2.24. The van der Waals surface area contributed by atoms with Gasteiger partial charge in [-0.15, -0.1) is 0 Å². The highest BCUT2D eigenvalue weighted by molar-refractivity contribution is 7.80. The first-order valence-corrected chi connectivity index (χ1v) is 6.26. The minimum Gasteiger partial charge on any atom is -0.461 e. The molecule has 0 radical (unpaired) electrons. The number of hydrogen-bond donors (Lipinski definition) is 2. The Morgan fingerprint density at radius 3 is 3.19 bits per heavy atom. The van der Waals surface area contributed by atoms with Crippen molar-refractivity contribution in [2.75, 3.05) is 12.4 Å². The number of ether oxygens (including phenoxy) is 1. The van der Waals surface area contributed by atoms with E-state index in [9.17, 15) is 4.79 Å². The third kappa shape index (κ3) is 1.24. The van der Waals surface area contributed by atoms with Crippen molar-refractivity contribution in [3.8, 4) is 0 Å². The molecular weight excluding hydrogens is 224 g/mol. The van der Waals surface area contributed by atoms with Crippen molar-refractivity contribution in [1.29, 1.82) is 0 Å². The number of carbonyl (C=O) groups is 1. The predicted octanol–water partition coefficient (Wildman–Crippen LogP) is 1.40. The normalized spacial score (nSPS) is 29.8. The van der Waals surface area contributed by atoms with Gasteiger partial charge in [0.25, 0.3) is 0 Å². The molecule has 1 heterocycles. The Hall–Kier alpha value is -0.970. The Morgan fingerprint density at radius 2 is 2.50 bits per heavy atom. The van der Waals surface area contributed by atoms with E-state index in [4.69, 9.17) is 4.74 Å². The van der Waals surface area contributed by atoms with E-state index in [0.29, 0.717) is 30.1 Å². The van der Waals surface area contributed by atoms with Gasteiger partial charge >= 0.3 is 5.97 Å². The fourth-order valence-corrected chi connectivity index (χ4v) is 3.36. The summed E-state index contributed by atoms with van der Waals surface area (Å²) < 4.78 is 4.98. The van der Waals surface area contributed by atoms with Gasteiger partial charge in [0.2, 0.25) is 0 Å². The van der Waals surface area contributed by atoms with Crippen LogP contribution in [0.5, 0.6) is 0 Å². The number of esters is 1. The van der Waals surface area contributed by atoms with Gasteiger partial charge in [0.1, 0.15) is 0 Å². The standard InChI is InChI=1S/C11H14N2O2S/c1-2-15-11(14)10-6-3-5-7(4-16)8(5)9(6)12-13-10/h5,7-8,16H,2-4H2,1H3,(H,12,13)/t5-,7-,8-/m0/s1. The highest BCUT2D eigenvalue weighted by Crippen LogP contribution is 2.61. The van der Waals surface area contributed by atoms with Crippen molar-refractivity contribution in [2.45, 2.75) is 19.3 Å². The van der Waals surface area contributed by atoms with Crippen molar-refractivity contribution in [3.05, 3.63) is 17.0 Å². The Bertz CT molecular complexity index is 443. The van der Waals surface area contributed by atoms with Crippen molar-refractivity contribution in [2.24, 2.45) is 11.8 Å². The van der Waals surface area contributed by atoms with Gasteiger partial charge in [-0.3, -0.25) is 5.10 Å². The molecular formula is C11H14N2O2S. The number of H-pyrrole nitrogens is 1. The molecule has 1 saturated carbocycles. The lowest BCUT2D eigenvalue weighted by atomic mass is 10.1. The second-order valence-electron chi connectivity index (χ2n) is 4.43. The lowest BCUT2D eigenvalue weighted by molar-refractivity contribution is 0.0518. The molecule has 2 aliphatic carbocycles. The van der Waals surface area contributed by atoms with Crippen LogP contribution in [0.1, 0.15) is 34.6 Å². The summed E-state index contributed by atoms with van der Waals surface area (Å²) in [7, 11) is 0. The van der Waals surface area contributed by atoms with E-state index in [1.54, 1.807) is 6.92 Å². The number of aromatic amines is 1. The summed E-state index contributed by atoms with van der Waals surface area (Å²) in [5, 5.41) is 7.07. The fourth-order valence-electron chi connectivity index (χ4n) is 2.87. The summed E-state index contributed by atoms with van der Waals surface area (Å²) in [6, 6.07) is 0. The molecule has 16 heavy (non-hydrogen) atoms. The lowest BCUT2D eigenvalue weighted by Crippen LogP contribution is -2.08. The Labute approximate surface area is 99.2 Å². The molecule has 1 aromatic heterocycles. The summed E-state index contributed by atoms with van der Waals surface area (Å²) >= 11 is 4.33. The SMILES string of the molecule is CCOC(=O)c1n[nH]c2c1C[C@H]1[C@H](CS)[C@@H]21. The summed E-state index contributed by atoms with van der Waals surface area (Å²) in [5.41, 5.74) is 2.71. The number of carbonyl (C=O) groups excluding carboxylic acids is 1. The van der Waals surface area contributed by atoms with Gasteiger partial charge in [-0.25, -0.2) is 4.79 Å². The van der Waals surface area contributed by atoms with E-state index in [1.165, 1.54) is 0 Å². The number of nitrogens with zero attached hydrogens (tertiary/aromatic N) is 1. The molecule has 1 aromatic rings. The van der Waals surface area contributed by atoms with Gasteiger partial charge in [0, 0.05) is 17.2 Å². The van der Waals surface area contributed by atoms with Gasteiger partial charge in [0.15, 0.2) is 5.69 Å². The third-order valence-electron chi connectivity index (χ3n) is 3.68. The molecule has 0 bridgehead atoms. The minimum absolute atomic E-state index is 0.302. The number of thiol groups is 1. The molecule has 86 valence electrons. The van der Waals surface area contributed by atoms with Crippen LogP contribution in [0.2, 0.25) is 0 Å². The van der Waals surface area contributed by atoms with Crippen LogP contribution in [0, 0.1) is 11.8 Å². The van der Waals surface area contributed by atoms with Gasteiger partial charge in [-0.2, -0.15) is 17.7 Å². The molecule has 1 N–H and O–H groups in total. The lowest BCUT2D eigenvalue weighted by Gasteiger charge is -2.02. The highest BCUT2D eigenvalue weighted by Gasteiger charge is 2.57. The van der Waals surface area contributed by atoms with E-state index >= 15 is 0 Å². The molecule has 3 rings (SSSR count). The van der Waals surface area contributed by atoms with Gasteiger partial charge < -0.3 is 4.74 Å². The first kappa shape index (κ1) is 10.2. The van der Waals surface area contributed by atoms with Gasteiger partial charge in [-0.1, -0.05) is 0 Å². The quantitative estimate of drug-likeness (QED) is 0.618. The van der Waals surface area contributed by atoms with Crippen LogP contribution in [0.4, 0.5) is 0 Å². The smallest absolute Gasteiger partial charge is 0.359 e. The maximum atomic E-state index is 11.6. The molecule has 0 unspecified atom stereocenters. The maximum Gasteiger partial charge on any atom is 0.359 e. The summed E-state index contributed by atoms with van der Waals surface area (Å²) in [6.07, 6.45) is 0.954. The monoisotopic (exact) mass is 238 g/mol. The van der Waals surface area contributed by atoms with Crippen LogP contribution >= 0.6 is 12.6 Å². The topological polar surface area (TPSA) is 55.0 Å². The van der Waals surface area contributed by atoms with E-state index in [2.05, 4.69) is 22.8 Å². The van der Waals surface area contributed by atoms with Gasteiger partial charge in [-0.05, 0) is 30.9 Å². The average molecular weight is 238 g/mol. The minimum atomic E-state index is -0.302. The second kappa shape index (κ2) is 3.52. The molecule has 5 heteroatoms. The number of nitrogens with one attached hydrogen (secondary N) is 1. The van der Waals surface area contributed by atoms with Crippen LogP contribution in [-0.4, -0.2) is 28.5 Å². The molecule has 0 saturated heterocycles. The van der Waals surface area contributed by atoms with Crippen molar-refractivity contribution < 1.29 is 9.53 Å². The molecule has 0 amide bonds. The summed E-state index contributed by atoms with van der Waals surface area (Å²) in [6.45, 7) is 2.20. The zero-order valence-corrected chi connectivity index (χ0v) is 9.96. The average Bonchev–Trinajstić information content (AvgIpc) is 2.64. The van der Waals surface area contributed by atoms with E-state index in [-0.39, 0.29) is 5.97 Å². The maximum absolute atomic E-state index is 11.6. The predicted molar refractivity (Wildman–Crippen MR) is 61.8 cm³/mol. The number of hydrogen-bond acceptors (Lipinski definition) is 4. The Balaban J connectivity index is 1.86. The van der Waals surface area contributed by atoms with Crippen molar-refractivity contribution >= 4 is 18.6 Å². The zero-order valence-electron chi connectivity index (χ0n) is 9.06. The molecule has 1 fully saturated rings. The molecule has 0 aromatic carbocycles. The van der Waals surface area contributed by atoms with Crippen LogP contribution in [0.3, 0.4) is 0 Å². The Morgan fingerprint density at radius 1 is 1.69 bits per heavy atom. The third-order valence-corrected chi connectivity index (χ3v) is 4.11. The molecule has 3 atom stereocenters. The number of rotatable bonds is 3. The number of aromatic nitrogens is 2. The molecule has 2 aliphatic rings. The molecule has 0 aliphatic heterocycles. The van der Waals surface area contributed by atoms with E-state index in [0.717, 1.165) is 23.4 Å².